The third-order valence-electron chi connectivity index (χ3n) is 2.91. The summed E-state index contributed by atoms with van der Waals surface area (Å²) in [4.78, 5) is 11.9. The normalized spacial score (nSPS) is 16.9. The fraction of sp³-hybridized carbons (Fsp3) is 0.417. The molecule has 1 aromatic rings. The van der Waals surface area contributed by atoms with Crippen LogP contribution in [0.25, 0.3) is 0 Å². The van der Waals surface area contributed by atoms with Gasteiger partial charge in [-0.2, -0.15) is 0 Å². The lowest BCUT2D eigenvalue weighted by Gasteiger charge is -2.14. The van der Waals surface area contributed by atoms with E-state index in [1.165, 1.54) is 0 Å². The van der Waals surface area contributed by atoms with Gasteiger partial charge in [0.1, 0.15) is 0 Å². The van der Waals surface area contributed by atoms with E-state index >= 15 is 0 Å². The van der Waals surface area contributed by atoms with Gasteiger partial charge >= 0.3 is 0 Å². The maximum absolute atomic E-state index is 11.9. The van der Waals surface area contributed by atoms with Crippen LogP contribution in [0.5, 0.6) is 0 Å². The molecule has 0 heterocycles. The zero-order valence-electron chi connectivity index (χ0n) is 9.02. The van der Waals surface area contributed by atoms with E-state index in [4.69, 9.17) is 11.6 Å². The average Bonchev–Trinajstić information content (AvgIpc) is 3.02. The van der Waals surface area contributed by atoms with Gasteiger partial charge in [0, 0.05) is 15.9 Å². The summed E-state index contributed by atoms with van der Waals surface area (Å²) in [6.07, 6.45) is 2.10. The van der Waals surface area contributed by atoms with E-state index in [2.05, 4.69) is 21.2 Å². The first-order chi connectivity index (χ1) is 7.56. The van der Waals surface area contributed by atoms with Gasteiger partial charge in [-0.3, -0.25) is 4.79 Å². The molecule has 4 heteroatoms. The number of hydrogen-bond acceptors (Lipinski definition) is 1. The van der Waals surface area contributed by atoms with Crippen molar-refractivity contribution in [2.45, 2.75) is 25.3 Å². The molecule has 1 N–H and O–H groups in total. The molecule has 0 atom stereocenters. The molecule has 0 radical (unpaired) electrons. The number of aryl methyl sites for hydroxylation is 1. The van der Waals surface area contributed by atoms with E-state index in [0.29, 0.717) is 10.6 Å². The van der Waals surface area contributed by atoms with Gasteiger partial charge in [-0.15, -0.1) is 0 Å². The molecule has 1 fully saturated rings. The lowest BCUT2D eigenvalue weighted by molar-refractivity contribution is 0.0936. The summed E-state index contributed by atoms with van der Waals surface area (Å²) >= 11 is 9.34. The largest absolute Gasteiger partial charge is 0.346 e. The Balaban J connectivity index is 2.12. The number of halogens is 2. The van der Waals surface area contributed by atoms with Gasteiger partial charge in [-0.05, 0) is 43.5 Å². The van der Waals surface area contributed by atoms with Crippen LogP contribution in [0.3, 0.4) is 0 Å². The highest BCUT2D eigenvalue weighted by Gasteiger charge is 2.42. The van der Waals surface area contributed by atoms with Crippen molar-refractivity contribution < 1.29 is 4.79 Å². The molecular formula is C12H13BrClNO. The SMILES string of the molecule is Cc1cc(C(=O)NC2(CBr)CC2)ccc1Cl. The van der Waals surface area contributed by atoms with Crippen molar-refractivity contribution in [3.63, 3.8) is 0 Å². The number of hydrogen-bond donors (Lipinski definition) is 1. The number of nitrogens with one attached hydrogen (secondary N) is 1. The number of benzene rings is 1. The third kappa shape index (κ3) is 2.41. The number of amides is 1. The average molecular weight is 303 g/mol. The van der Waals surface area contributed by atoms with Crippen LogP contribution >= 0.6 is 27.5 Å². The fourth-order valence-corrected chi connectivity index (χ4v) is 2.36. The monoisotopic (exact) mass is 301 g/mol. The first-order valence-electron chi connectivity index (χ1n) is 5.21. The molecule has 0 saturated heterocycles. The molecule has 2 nitrogen and oxygen atoms in total. The molecule has 0 aromatic heterocycles. The molecule has 1 aliphatic rings. The van der Waals surface area contributed by atoms with Crippen LogP contribution in [0.1, 0.15) is 28.8 Å². The van der Waals surface area contributed by atoms with Crippen LogP contribution in [0, 0.1) is 6.92 Å². The molecule has 1 saturated carbocycles. The number of rotatable bonds is 3. The Labute approximate surface area is 108 Å². The zero-order valence-corrected chi connectivity index (χ0v) is 11.4. The molecule has 1 aromatic carbocycles. The Bertz CT molecular complexity index is 429. The summed E-state index contributed by atoms with van der Waals surface area (Å²) in [5, 5.41) is 4.56. The van der Waals surface area contributed by atoms with Crippen molar-refractivity contribution in [3.05, 3.63) is 34.3 Å². The Morgan fingerprint density at radius 2 is 2.25 bits per heavy atom. The molecule has 0 aliphatic heterocycles. The van der Waals surface area contributed by atoms with Crippen molar-refractivity contribution >= 4 is 33.4 Å². The minimum Gasteiger partial charge on any atom is -0.346 e. The Hall–Kier alpha value is -0.540. The highest BCUT2D eigenvalue weighted by Crippen LogP contribution is 2.37. The summed E-state index contributed by atoms with van der Waals surface area (Å²) in [5.41, 5.74) is 1.59. The minimum atomic E-state index is -0.0169. The summed E-state index contributed by atoms with van der Waals surface area (Å²) in [5.74, 6) is -0.0169. The van der Waals surface area contributed by atoms with Gasteiger partial charge in [-0.1, -0.05) is 27.5 Å². The second kappa shape index (κ2) is 4.38. The van der Waals surface area contributed by atoms with Crippen molar-refractivity contribution in [1.29, 1.82) is 0 Å². The van der Waals surface area contributed by atoms with E-state index < -0.39 is 0 Å². The van der Waals surface area contributed by atoms with E-state index in [-0.39, 0.29) is 11.4 Å². The van der Waals surface area contributed by atoms with Crippen LogP contribution < -0.4 is 5.32 Å². The van der Waals surface area contributed by atoms with Crippen LogP contribution in [0.4, 0.5) is 0 Å². The summed E-state index contributed by atoms with van der Waals surface area (Å²) < 4.78 is 0. The fourth-order valence-electron chi connectivity index (χ4n) is 1.54. The molecule has 16 heavy (non-hydrogen) atoms. The van der Waals surface area contributed by atoms with Gasteiger partial charge in [0.15, 0.2) is 0 Å². The standard InChI is InChI=1S/C12H13BrClNO/c1-8-6-9(2-3-10(8)14)11(16)15-12(7-13)4-5-12/h2-3,6H,4-5,7H2,1H3,(H,15,16). The Kier molecular flexibility index (Phi) is 3.27. The summed E-state index contributed by atoms with van der Waals surface area (Å²) in [6, 6.07) is 5.34. The maximum atomic E-state index is 11.9. The van der Waals surface area contributed by atoms with E-state index in [0.717, 1.165) is 23.7 Å². The van der Waals surface area contributed by atoms with Crippen LogP contribution in [0.15, 0.2) is 18.2 Å². The smallest absolute Gasteiger partial charge is 0.251 e. The van der Waals surface area contributed by atoms with Gasteiger partial charge in [0.2, 0.25) is 0 Å². The molecule has 0 unspecified atom stereocenters. The second-order valence-electron chi connectivity index (χ2n) is 4.33. The van der Waals surface area contributed by atoms with Crippen LogP contribution in [0.2, 0.25) is 5.02 Å². The lowest BCUT2D eigenvalue weighted by atomic mass is 10.1. The quantitative estimate of drug-likeness (QED) is 0.853. The Morgan fingerprint density at radius 3 is 2.75 bits per heavy atom. The second-order valence-corrected chi connectivity index (χ2v) is 5.30. The number of carbonyl (C=O) groups is 1. The number of carbonyl (C=O) groups excluding carboxylic acids is 1. The summed E-state index contributed by atoms with van der Waals surface area (Å²) in [7, 11) is 0. The van der Waals surface area contributed by atoms with Gasteiger partial charge in [-0.25, -0.2) is 0 Å². The van der Waals surface area contributed by atoms with Gasteiger partial charge in [0.25, 0.3) is 5.91 Å². The maximum Gasteiger partial charge on any atom is 0.251 e. The van der Waals surface area contributed by atoms with E-state index in [9.17, 15) is 4.79 Å². The predicted octanol–water partition coefficient (Wildman–Crippen LogP) is 3.31. The van der Waals surface area contributed by atoms with E-state index in [1.807, 2.05) is 13.0 Å². The first kappa shape index (κ1) is 11.9. The molecule has 1 amide bonds. The predicted molar refractivity (Wildman–Crippen MR) is 69.4 cm³/mol. The van der Waals surface area contributed by atoms with Crippen LogP contribution in [-0.2, 0) is 0 Å². The highest BCUT2D eigenvalue weighted by molar-refractivity contribution is 9.09. The third-order valence-corrected chi connectivity index (χ3v) is 4.41. The van der Waals surface area contributed by atoms with Crippen molar-refractivity contribution in [2.24, 2.45) is 0 Å². The lowest BCUT2D eigenvalue weighted by Crippen LogP contribution is -2.38. The van der Waals surface area contributed by atoms with E-state index in [1.54, 1.807) is 12.1 Å². The van der Waals surface area contributed by atoms with Gasteiger partial charge in [0.05, 0.1) is 5.54 Å². The molecule has 0 bridgehead atoms. The summed E-state index contributed by atoms with van der Waals surface area (Å²) in [6.45, 7) is 1.90. The molecule has 86 valence electrons. The van der Waals surface area contributed by atoms with Crippen molar-refractivity contribution in [2.75, 3.05) is 5.33 Å². The van der Waals surface area contributed by atoms with Crippen molar-refractivity contribution in [3.8, 4) is 0 Å². The van der Waals surface area contributed by atoms with Crippen molar-refractivity contribution in [1.82, 2.24) is 5.32 Å². The van der Waals surface area contributed by atoms with Crippen LogP contribution in [-0.4, -0.2) is 16.8 Å². The number of alkyl halides is 1. The molecular weight excluding hydrogens is 289 g/mol. The first-order valence-corrected chi connectivity index (χ1v) is 6.71. The molecule has 2 rings (SSSR count). The zero-order chi connectivity index (χ0) is 11.8. The highest BCUT2D eigenvalue weighted by atomic mass is 79.9. The van der Waals surface area contributed by atoms with Gasteiger partial charge < -0.3 is 5.32 Å². The Morgan fingerprint density at radius 1 is 1.56 bits per heavy atom. The molecule has 0 spiro atoms. The minimum absolute atomic E-state index is 0.00930. The molecule has 1 aliphatic carbocycles. The topological polar surface area (TPSA) is 29.1 Å².